The van der Waals surface area contributed by atoms with Crippen LogP contribution in [0.2, 0.25) is 0 Å². The Morgan fingerprint density at radius 3 is 2.52 bits per heavy atom. The number of carbonyl (C=O) groups is 1. The molecule has 33 heavy (non-hydrogen) atoms. The molecule has 1 N–H and O–H groups in total. The Labute approximate surface area is 187 Å². The Balaban J connectivity index is 1.69. The van der Waals surface area contributed by atoms with E-state index in [-0.39, 0.29) is 41.7 Å². The van der Waals surface area contributed by atoms with Crippen LogP contribution in [0.1, 0.15) is 34.5 Å². The highest BCUT2D eigenvalue weighted by Crippen LogP contribution is 2.37. The van der Waals surface area contributed by atoms with Crippen molar-refractivity contribution in [2.75, 3.05) is 19.3 Å². The van der Waals surface area contributed by atoms with E-state index in [9.17, 15) is 26.4 Å². The molecular weight excluding hydrogens is 461 g/mol. The number of benzene rings is 1. The van der Waals surface area contributed by atoms with Gasteiger partial charge < -0.3 is 9.84 Å². The Bertz CT molecular complexity index is 1310. The average molecular weight is 482 g/mol. The summed E-state index contributed by atoms with van der Waals surface area (Å²) in [6, 6.07) is 5.98. The molecule has 176 valence electrons. The number of fused-ring (bicyclic) bond motifs is 1. The first kappa shape index (κ1) is 23.2. The van der Waals surface area contributed by atoms with E-state index < -0.39 is 27.7 Å². The largest absolute Gasteiger partial charge is 0.417 e. The van der Waals surface area contributed by atoms with Gasteiger partial charge in [-0.05, 0) is 31.9 Å². The molecule has 0 unspecified atom stereocenters. The van der Waals surface area contributed by atoms with Crippen LogP contribution in [0.4, 0.5) is 13.2 Å². The molecule has 3 heterocycles. The van der Waals surface area contributed by atoms with Gasteiger partial charge in [0.05, 0.1) is 34.2 Å². The molecule has 1 fully saturated rings. The highest BCUT2D eigenvalue weighted by atomic mass is 32.2. The van der Waals surface area contributed by atoms with Gasteiger partial charge in [0.25, 0.3) is 11.6 Å². The minimum absolute atomic E-state index is 0.0426. The Morgan fingerprint density at radius 2 is 1.88 bits per heavy atom. The molecule has 1 aliphatic heterocycles. The molecule has 1 aliphatic rings. The number of rotatable bonds is 4. The molecule has 1 aromatic carbocycles. The normalized spacial score (nSPS) is 16.3. The van der Waals surface area contributed by atoms with Crippen LogP contribution in [0.5, 0.6) is 0 Å². The number of aromatic nitrogens is 2. The van der Waals surface area contributed by atoms with Gasteiger partial charge in [0, 0.05) is 24.7 Å². The summed E-state index contributed by atoms with van der Waals surface area (Å²) in [5, 5.41) is 6.99. The van der Waals surface area contributed by atoms with Gasteiger partial charge in [0.15, 0.2) is 0 Å². The van der Waals surface area contributed by atoms with Crippen LogP contribution in [-0.2, 0) is 16.2 Å². The van der Waals surface area contributed by atoms with Crippen LogP contribution in [0.15, 0.2) is 34.9 Å². The van der Waals surface area contributed by atoms with Crippen LogP contribution in [0, 0.1) is 6.92 Å². The second-order valence-electron chi connectivity index (χ2n) is 7.96. The fourth-order valence-corrected chi connectivity index (χ4v) is 4.83. The summed E-state index contributed by atoms with van der Waals surface area (Å²) in [4.78, 5) is 17.3. The minimum atomic E-state index is -4.61. The van der Waals surface area contributed by atoms with E-state index in [0.717, 1.165) is 12.3 Å². The first-order valence-electron chi connectivity index (χ1n) is 10.1. The maximum absolute atomic E-state index is 13.5. The van der Waals surface area contributed by atoms with Crippen LogP contribution in [-0.4, -0.2) is 54.2 Å². The van der Waals surface area contributed by atoms with Crippen molar-refractivity contribution >= 4 is 27.0 Å². The second-order valence-corrected chi connectivity index (χ2v) is 9.94. The quantitative estimate of drug-likeness (QED) is 0.611. The number of hydrogen-bond donors (Lipinski definition) is 1. The number of piperidine rings is 1. The van der Waals surface area contributed by atoms with E-state index in [2.05, 4.69) is 15.5 Å². The number of alkyl halides is 3. The van der Waals surface area contributed by atoms with Gasteiger partial charge in [-0.1, -0.05) is 23.4 Å². The lowest BCUT2D eigenvalue weighted by Crippen LogP contribution is -2.46. The molecule has 4 rings (SSSR count). The molecule has 12 heteroatoms. The number of sulfonamides is 1. The fraction of sp³-hybridized carbons (Fsp3) is 0.381. The summed E-state index contributed by atoms with van der Waals surface area (Å²) in [5.41, 5.74) is -0.701. The topological polar surface area (TPSA) is 105 Å². The number of hydrogen-bond acceptors (Lipinski definition) is 6. The third kappa shape index (κ3) is 4.71. The average Bonchev–Trinajstić information content (AvgIpc) is 3.13. The monoisotopic (exact) mass is 482 g/mol. The van der Waals surface area contributed by atoms with Gasteiger partial charge in [-0.15, -0.1) is 0 Å². The van der Waals surface area contributed by atoms with Crippen LogP contribution in [0.25, 0.3) is 22.4 Å². The molecule has 3 aromatic rings. The van der Waals surface area contributed by atoms with Crippen molar-refractivity contribution in [2.45, 2.75) is 32.0 Å². The lowest BCUT2D eigenvalue weighted by molar-refractivity contribution is -0.137. The van der Waals surface area contributed by atoms with Crippen molar-refractivity contribution in [3.63, 3.8) is 0 Å². The summed E-state index contributed by atoms with van der Waals surface area (Å²) in [6.45, 7) is 2.15. The van der Waals surface area contributed by atoms with E-state index in [1.54, 1.807) is 6.92 Å². The maximum Gasteiger partial charge on any atom is 0.417 e. The zero-order valence-corrected chi connectivity index (χ0v) is 18.6. The van der Waals surface area contributed by atoms with E-state index in [1.807, 2.05) is 0 Å². The molecule has 0 atom stereocenters. The predicted octanol–water partition coefficient (Wildman–Crippen LogP) is 3.37. The number of aryl methyl sites for hydroxylation is 1. The molecule has 0 saturated carbocycles. The van der Waals surface area contributed by atoms with Gasteiger partial charge >= 0.3 is 6.18 Å². The molecule has 0 bridgehead atoms. The first-order chi connectivity index (χ1) is 15.4. The van der Waals surface area contributed by atoms with E-state index in [0.29, 0.717) is 23.9 Å². The standard InChI is InChI=1S/C21H21F3N4O4S/c1-12-18-15(19(29)25-13-7-9-28(10-8-13)33(2,30)31)11-17(26-20(18)32-27-12)14-5-3-4-6-16(14)21(22,23)24/h3-6,11,13H,7-10H2,1-2H3,(H,25,29). The third-order valence-corrected chi connectivity index (χ3v) is 6.93. The lowest BCUT2D eigenvalue weighted by atomic mass is 10.00. The molecule has 8 nitrogen and oxygen atoms in total. The summed E-state index contributed by atoms with van der Waals surface area (Å²) in [7, 11) is -3.31. The third-order valence-electron chi connectivity index (χ3n) is 5.63. The van der Waals surface area contributed by atoms with E-state index in [1.165, 1.54) is 28.6 Å². The van der Waals surface area contributed by atoms with Crippen LogP contribution in [0.3, 0.4) is 0 Å². The van der Waals surface area contributed by atoms with Crippen molar-refractivity contribution in [1.29, 1.82) is 0 Å². The molecule has 2 aromatic heterocycles. The van der Waals surface area contributed by atoms with Gasteiger partial charge in [0.1, 0.15) is 0 Å². The number of pyridine rings is 1. The highest BCUT2D eigenvalue weighted by Gasteiger charge is 2.34. The van der Waals surface area contributed by atoms with Gasteiger partial charge in [0.2, 0.25) is 10.0 Å². The number of nitrogens with zero attached hydrogens (tertiary/aromatic N) is 3. The molecule has 0 radical (unpaired) electrons. The Kier molecular flexibility index (Phi) is 5.91. The maximum atomic E-state index is 13.5. The van der Waals surface area contributed by atoms with Crippen LogP contribution < -0.4 is 5.32 Å². The molecular formula is C21H21F3N4O4S. The molecule has 0 spiro atoms. The molecule has 0 aliphatic carbocycles. The van der Waals surface area contributed by atoms with E-state index in [4.69, 9.17) is 4.52 Å². The first-order valence-corrected chi connectivity index (χ1v) is 12.0. The predicted molar refractivity (Wildman–Crippen MR) is 114 cm³/mol. The van der Waals surface area contributed by atoms with Crippen LogP contribution >= 0.6 is 0 Å². The molecule has 1 amide bonds. The van der Waals surface area contributed by atoms with Gasteiger partial charge in [-0.25, -0.2) is 17.7 Å². The summed E-state index contributed by atoms with van der Waals surface area (Å²) < 4.78 is 70.5. The smallest absolute Gasteiger partial charge is 0.349 e. The fourth-order valence-electron chi connectivity index (χ4n) is 3.96. The Hall–Kier alpha value is -2.99. The summed E-state index contributed by atoms with van der Waals surface area (Å²) in [6.07, 6.45) is -2.64. The van der Waals surface area contributed by atoms with E-state index >= 15 is 0 Å². The minimum Gasteiger partial charge on any atom is -0.349 e. The SMILES string of the molecule is Cc1noc2nc(-c3ccccc3C(F)(F)F)cc(C(=O)NC3CCN(S(C)(=O)=O)CC3)c12. The summed E-state index contributed by atoms with van der Waals surface area (Å²) in [5.74, 6) is -0.516. The number of halogens is 3. The zero-order valence-electron chi connectivity index (χ0n) is 17.8. The second kappa shape index (κ2) is 8.41. The zero-order chi connectivity index (χ0) is 24.0. The lowest BCUT2D eigenvalue weighted by Gasteiger charge is -2.30. The number of amides is 1. The van der Waals surface area contributed by atoms with Crippen molar-refractivity contribution in [1.82, 2.24) is 19.8 Å². The summed E-state index contributed by atoms with van der Waals surface area (Å²) >= 11 is 0. The van der Waals surface area contributed by atoms with Crippen molar-refractivity contribution in [3.8, 4) is 11.3 Å². The van der Waals surface area contributed by atoms with Gasteiger partial charge in [-0.2, -0.15) is 13.2 Å². The van der Waals surface area contributed by atoms with Crippen molar-refractivity contribution in [3.05, 3.63) is 47.2 Å². The number of nitrogens with one attached hydrogen (secondary N) is 1. The molecule has 1 saturated heterocycles. The highest BCUT2D eigenvalue weighted by molar-refractivity contribution is 7.88. The number of carbonyl (C=O) groups excluding carboxylic acids is 1. The van der Waals surface area contributed by atoms with Crippen molar-refractivity contribution < 1.29 is 30.9 Å². The van der Waals surface area contributed by atoms with Crippen molar-refractivity contribution in [2.24, 2.45) is 0 Å². The van der Waals surface area contributed by atoms with Gasteiger partial charge in [-0.3, -0.25) is 4.79 Å². The Morgan fingerprint density at radius 1 is 1.21 bits per heavy atom.